The highest BCUT2D eigenvalue weighted by atomic mass is 16.5. The Hall–Kier alpha value is -2.82. The smallest absolute Gasteiger partial charge is 0.236 e. The zero-order chi connectivity index (χ0) is 16.5. The molecule has 2 rings (SSSR count). The predicted octanol–water partition coefficient (Wildman–Crippen LogP) is 2.92. The first-order chi connectivity index (χ1) is 11.1. The number of nitrogens with one attached hydrogen (secondary N) is 1. The number of ether oxygens (including phenoxy) is 2. The van der Waals surface area contributed by atoms with Crippen molar-refractivity contribution < 1.29 is 14.3 Å². The number of hydrogen-bond acceptors (Lipinski definition) is 4. The van der Waals surface area contributed by atoms with E-state index in [1.165, 1.54) is 6.92 Å². The van der Waals surface area contributed by atoms with Gasteiger partial charge in [-0.15, -0.1) is 0 Å². The lowest BCUT2D eigenvalue weighted by Crippen LogP contribution is -2.12. The van der Waals surface area contributed by atoms with E-state index in [-0.39, 0.29) is 5.91 Å². The average Bonchev–Trinajstić information content (AvgIpc) is 2.54. The fourth-order valence-electron chi connectivity index (χ4n) is 1.88. The number of rotatable bonds is 7. The van der Waals surface area contributed by atoms with Gasteiger partial charge in [-0.1, -0.05) is 18.2 Å². The van der Waals surface area contributed by atoms with Crippen molar-refractivity contribution in [2.24, 2.45) is 5.10 Å². The molecule has 2 aromatic rings. The van der Waals surface area contributed by atoms with Crippen LogP contribution in [0.5, 0.6) is 11.5 Å². The van der Waals surface area contributed by atoms with Gasteiger partial charge in [0.15, 0.2) is 0 Å². The largest absolute Gasteiger partial charge is 0.490 e. The number of benzene rings is 2. The summed E-state index contributed by atoms with van der Waals surface area (Å²) in [5.41, 5.74) is 4.34. The van der Waals surface area contributed by atoms with Crippen LogP contribution >= 0.6 is 0 Å². The first-order valence-electron chi connectivity index (χ1n) is 7.36. The molecule has 0 spiro atoms. The van der Waals surface area contributed by atoms with Crippen molar-refractivity contribution in [1.82, 2.24) is 5.43 Å². The Morgan fingerprint density at radius 3 is 2.48 bits per heavy atom. The standard InChI is InChI=1S/C18H20N2O3/c1-14-5-3-4-6-18(14)23-12-11-22-17-9-7-16(8-10-17)13-19-20-15(2)21/h3-10,13H,11-12H2,1-2H3,(H,20,21)/b19-13-. The minimum Gasteiger partial charge on any atom is -0.490 e. The molecule has 23 heavy (non-hydrogen) atoms. The van der Waals surface area contributed by atoms with Gasteiger partial charge < -0.3 is 9.47 Å². The molecule has 1 amide bonds. The minimum absolute atomic E-state index is 0.199. The molecule has 0 fully saturated rings. The molecule has 0 heterocycles. The third kappa shape index (κ3) is 5.82. The molecular formula is C18H20N2O3. The molecule has 0 saturated carbocycles. The minimum atomic E-state index is -0.199. The van der Waals surface area contributed by atoms with Crippen LogP contribution in [0.4, 0.5) is 0 Å². The highest BCUT2D eigenvalue weighted by Gasteiger charge is 1.98. The van der Waals surface area contributed by atoms with E-state index in [1.54, 1.807) is 6.21 Å². The fourth-order valence-corrected chi connectivity index (χ4v) is 1.88. The molecule has 0 aliphatic heterocycles. The lowest BCUT2D eigenvalue weighted by atomic mass is 10.2. The summed E-state index contributed by atoms with van der Waals surface area (Å²) in [4.78, 5) is 10.7. The second kappa shape index (κ2) is 8.58. The Bertz CT molecular complexity index is 666. The van der Waals surface area contributed by atoms with Gasteiger partial charge >= 0.3 is 0 Å². The van der Waals surface area contributed by atoms with Gasteiger partial charge in [0.2, 0.25) is 5.91 Å². The van der Waals surface area contributed by atoms with Crippen molar-refractivity contribution in [2.75, 3.05) is 13.2 Å². The number of amides is 1. The van der Waals surface area contributed by atoms with Crippen LogP contribution in [-0.2, 0) is 4.79 Å². The van der Waals surface area contributed by atoms with Crippen molar-refractivity contribution in [3.8, 4) is 11.5 Å². The summed E-state index contributed by atoms with van der Waals surface area (Å²) in [5.74, 6) is 1.44. The SMILES string of the molecule is CC(=O)N/N=C\c1ccc(OCCOc2ccccc2C)cc1. The zero-order valence-corrected chi connectivity index (χ0v) is 13.3. The van der Waals surface area contributed by atoms with Gasteiger partial charge in [0, 0.05) is 6.92 Å². The van der Waals surface area contributed by atoms with Crippen LogP contribution in [0.25, 0.3) is 0 Å². The third-order valence-electron chi connectivity index (χ3n) is 3.02. The van der Waals surface area contributed by atoms with Gasteiger partial charge in [-0.05, 0) is 48.4 Å². The van der Waals surface area contributed by atoms with Crippen LogP contribution in [0.1, 0.15) is 18.1 Å². The molecule has 0 aliphatic rings. The Morgan fingerprint density at radius 1 is 1.09 bits per heavy atom. The molecule has 5 heteroatoms. The second-order valence-corrected chi connectivity index (χ2v) is 4.96. The van der Waals surface area contributed by atoms with E-state index in [0.717, 1.165) is 22.6 Å². The lowest BCUT2D eigenvalue weighted by Gasteiger charge is -2.10. The van der Waals surface area contributed by atoms with E-state index in [2.05, 4.69) is 10.5 Å². The van der Waals surface area contributed by atoms with E-state index in [4.69, 9.17) is 9.47 Å². The molecule has 0 atom stereocenters. The fraction of sp³-hybridized carbons (Fsp3) is 0.222. The van der Waals surface area contributed by atoms with Crippen molar-refractivity contribution in [1.29, 1.82) is 0 Å². The quantitative estimate of drug-likeness (QED) is 0.486. The van der Waals surface area contributed by atoms with Crippen molar-refractivity contribution in [3.05, 3.63) is 59.7 Å². The van der Waals surface area contributed by atoms with E-state index >= 15 is 0 Å². The summed E-state index contributed by atoms with van der Waals surface area (Å²) >= 11 is 0. The van der Waals surface area contributed by atoms with Gasteiger partial charge in [0.1, 0.15) is 24.7 Å². The van der Waals surface area contributed by atoms with Gasteiger partial charge in [-0.25, -0.2) is 5.43 Å². The molecule has 0 unspecified atom stereocenters. The molecule has 0 bridgehead atoms. The Morgan fingerprint density at radius 2 is 1.78 bits per heavy atom. The zero-order valence-electron chi connectivity index (χ0n) is 13.3. The number of nitrogens with zero attached hydrogens (tertiary/aromatic N) is 1. The van der Waals surface area contributed by atoms with E-state index in [0.29, 0.717) is 13.2 Å². The third-order valence-corrected chi connectivity index (χ3v) is 3.02. The van der Waals surface area contributed by atoms with Crippen LogP contribution in [0.2, 0.25) is 0 Å². The van der Waals surface area contributed by atoms with Crippen LogP contribution in [0.3, 0.4) is 0 Å². The van der Waals surface area contributed by atoms with Gasteiger partial charge in [-0.2, -0.15) is 5.10 Å². The van der Waals surface area contributed by atoms with Crippen molar-refractivity contribution >= 4 is 12.1 Å². The molecule has 120 valence electrons. The van der Waals surface area contributed by atoms with Crippen LogP contribution in [0.15, 0.2) is 53.6 Å². The topological polar surface area (TPSA) is 59.9 Å². The molecule has 5 nitrogen and oxygen atoms in total. The molecule has 1 N–H and O–H groups in total. The number of aryl methyl sites for hydroxylation is 1. The normalized spacial score (nSPS) is 10.5. The number of carbonyl (C=O) groups excluding carboxylic acids is 1. The monoisotopic (exact) mass is 312 g/mol. The summed E-state index contributed by atoms with van der Waals surface area (Å²) in [6, 6.07) is 15.3. The Kier molecular flexibility index (Phi) is 6.17. The highest BCUT2D eigenvalue weighted by molar-refractivity contribution is 5.81. The van der Waals surface area contributed by atoms with E-state index < -0.39 is 0 Å². The lowest BCUT2D eigenvalue weighted by molar-refractivity contribution is -0.118. The maximum absolute atomic E-state index is 10.7. The molecule has 0 radical (unpaired) electrons. The maximum Gasteiger partial charge on any atom is 0.236 e. The summed E-state index contributed by atoms with van der Waals surface area (Å²) < 4.78 is 11.3. The first-order valence-corrected chi connectivity index (χ1v) is 7.36. The molecule has 0 saturated heterocycles. The Balaban J connectivity index is 1.75. The maximum atomic E-state index is 10.7. The van der Waals surface area contributed by atoms with Gasteiger partial charge in [0.05, 0.1) is 6.21 Å². The van der Waals surface area contributed by atoms with Crippen LogP contribution < -0.4 is 14.9 Å². The second-order valence-electron chi connectivity index (χ2n) is 4.96. The van der Waals surface area contributed by atoms with E-state index in [9.17, 15) is 4.79 Å². The summed E-state index contributed by atoms with van der Waals surface area (Å²) in [5, 5.41) is 3.80. The molecule has 0 aliphatic carbocycles. The first kappa shape index (κ1) is 16.5. The van der Waals surface area contributed by atoms with E-state index in [1.807, 2.05) is 55.5 Å². The number of carbonyl (C=O) groups is 1. The van der Waals surface area contributed by atoms with Gasteiger partial charge in [-0.3, -0.25) is 4.79 Å². The summed E-state index contributed by atoms with van der Waals surface area (Å²) in [6.07, 6.45) is 1.58. The Labute approximate surface area is 135 Å². The van der Waals surface area contributed by atoms with Crippen molar-refractivity contribution in [2.45, 2.75) is 13.8 Å². The number of para-hydroxylation sites is 1. The summed E-state index contributed by atoms with van der Waals surface area (Å²) in [7, 11) is 0. The number of hydrogen-bond donors (Lipinski definition) is 1. The van der Waals surface area contributed by atoms with Crippen molar-refractivity contribution in [3.63, 3.8) is 0 Å². The molecule has 2 aromatic carbocycles. The molecule has 0 aromatic heterocycles. The van der Waals surface area contributed by atoms with Crippen LogP contribution in [0, 0.1) is 6.92 Å². The summed E-state index contributed by atoms with van der Waals surface area (Å²) in [6.45, 7) is 4.37. The number of hydrazone groups is 1. The predicted molar refractivity (Wildman–Crippen MR) is 90.0 cm³/mol. The highest BCUT2D eigenvalue weighted by Crippen LogP contribution is 2.16. The van der Waals surface area contributed by atoms with Crippen LogP contribution in [-0.4, -0.2) is 25.3 Å². The van der Waals surface area contributed by atoms with Gasteiger partial charge in [0.25, 0.3) is 0 Å². The molecular weight excluding hydrogens is 292 g/mol. The average molecular weight is 312 g/mol.